The molecule has 2 aromatic carbocycles. The summed E-state index contributed by atoms with van der Waals surface area (Å²) in [7, 11) is 0. The Labute approximate surface area is 186 Å². The average Bonchev–Trinajstić information content (AvgIpc) is 3.48. The van der Waals surface area contributed by atoms with Gasteiger partial charge in [0.2, 0.25) is 0 Å². The topological polar surface area (TPSA) is 85.2 Å². The van der Waals surface area contributed by atoms with Crippen LogP contribution >= 0.6 is 0 Å². The fourth-order valence-electron chi connectivity index (χ4n) is 4.14. The monoisotopic (exact) mass is 426 g/mol. The Kier molecular flexibility index (Phi) is 5.52. The Morgan fingerprint density at radius 3 is 2.59 bits per heavy atom. The van der Waals surface area contributed by atoms with Crippen LogP contribution in [0.4, 0.5) is 0 Å². The Morgan fingerprint density at radius 2 is 1.84 bits per heavy atom. The molecule has 1 aromatic heterocycles. The third kappa shape index (κ3) is 3.81. The number of benzene rings is 2. The van der Waals surface area contributed by atoms with Crippen molar-refractivity contribution in [3.05, 3.63) is 93.7 Å². The normalized spacial score (nSPS) is 15.6. The van der Waals surface area contributed by atoms with E-state index in [1.807, 2.05) is 48.8 Å². The van der Waals surface area contributed by atoms with E-state index in [-0.39, 0.29) is 0 Å². The van der Waals surface area contributed by atoms with Crippen molar-refractivity contribution in [2.45, 2.75) is 26.2 Å². The number of hydrogen-bond acceptors (Lipinski definition) is 5. The molecule has 2 aliphatic rings. The van der Waals surface area contributed by atoms with Gasteiger partial charge in [-0.2, -0.15) is 5.90 Å². The lowest BCUT2D eigenvalue weighted by atomic mass is 10.1. The summed E-state index contributed by atoms with van der Waals surface area (Å²) in [4.78, 5) is 13.6. The molecule has 1 aliphatic heterocycles. The van der Waals surface area contributed by atoms with Crippen molar-refractivity contribution in [2.75, 3.05) is 6.61 Å². The molecule has 0 saturated carbocycles. The number of aromatic amines is 1. The van der Waals surface area contributed by atoms with Gasteiger partial charge in [-0.1, -0.05) is 19.1 Å². The standard InChI is InChI=1S/C26H26N4O2/c1-2-15-31-21-7-3-18(4-8-21)26-29-24(17-11-13-28-14-12-17)25(30-26)20-5-9-22-19(16-20)6-10-23(22)32-27/h3-5,7-9,11-14,16,28H,2,6,10,15,27H2,1H3,(H,29,30)/b25-20-. The number of allylic oxidation sites excluding steroid dienone is 2. The number of nitrogens with zero attached hydrogens (tertiary/aromatic N) is 1. The first-order valence-corrected chi connectivity index (χ1v) is 10.9. The average molecular weight is 427 g/mol. The molecule has 3 aromatic rings. The first-order valence-electron chi connectivity index (χ1n) is 10.9. The van der Waals surface area contributed by atoms with Crippen LogP contribution in [-0.4, -0.2) is 16.6 Å². The summed E-state index contributed by atoms with van der Waals surface area (Å²) in [6, 6.07) is 14.4. The summed E-state index contributed by atoms with van der Waals surface area (Å²) in [5.74, 6) is 7.97. The van der Waals surface area contributed by atoms with Crippen LogP contribution in [0.5, 0.6) is 5.75 Å². The molecule has 32 heavy (non-hydrogen) atoms. The zero-order chi connectivity index (χ0) is 21.9. The molecular formula is C26H26N4O2. The van der Waals surface area contributed by atoms with E-state index in [2.05, 4.69) is 35.4 Å². The minimum absolute atomic E-state index is 0.714. The van der Waals surface area contributed by atoms with Gasteiger partial charge in [-0.3, -0.25) is 0 Å². The molecule has 6 nitrogen and oxygen atoms in total. The van der Waals surface area contributed by atoms with E-state index >= 15 is 0 Å². The maximum Gasteiger partial charge on any atom is 0.138 e. The number of H-pyrrole nitrogens is 1. The SMILES string of the molecule is CCCOc1ccc(-c2n/c(=c3/ccc4c(c3)CCC=4ON)c(=C3C=CNC=C3)[nH]2)cc1. The van der Waals surface area contributed by atoms with Gasteiger partial charge in [-0.25, -0.2) is 4.98 Å². The molecular weight excluding hydrogens is 400 g/mol. The molecule has 0 unspecified atom stereocenters. The number of aromatic nitrogens is 2. The van der Waals surface area contributed by atoms with Gasteiger partial charge in [0.05, 0.1) is 17.3 Å². The van der Waals surface area contributed by atoms with Gasteiger partial charge in [0.15, 0.2) is 0 Å². The fraction of sp³-hybridized carbons (Fsp3) is 0.192. The number of aryl methyl sites for hydroxylation is 1. The Morgan fingerprint density at radius 1 is 1.03 bits per heavy atom. The van der Waals surface area contributed by atoms with Crippen molar-refractivity contribution in [3.8, 4) is 17.1 Å². The van der Waals surface area contributed by atoms with E-state index in [0.717, 1.165) is 68.9 Å². The summed E-state index contributed by atoms with van der Waals surface area (Å²) < 4.78 is 5.72. The molecule has 162 valence electrons. The Balaban J connectivity index is 1.70. The molecule has 0 spiro atoms. The summed E-state index contributed by atoms with van der Waals surface area (Å²) in [5, 5.41) is 7.15. The van der Waals surface area contributed by atoms with Gasteiger partial charge in [-0.15, -0.1) is 0 Å². The molecule has 0 fully saturated rings. The summed E-state index contributed by atoms with van der Waals surface area (Å²) in [5.41, 5.74) is 3.31. The van der Waals surface area contributed by atoms with Crippen LogP contribution in [0.2, 0.25) is 0 Å². The Bertz CT molecular complexity index is 1400. The van der Waals surface area contributed by atoms with Crippen molar-refractivity contribution in [1.82, 2.24) is 15.3 Å². The number of fused-ring (bicyclic) bond motifs is 1. The van der Waals surface area contributed by atoms with E-state index < -0.39 is 0 Å². The van der Waals surface area contributed by atoms with Gasteiger partial charge in [0.1, 0.15) is 17.3 Å². The first kappa shape index (κ1) is 20.2. The molecule has 4 N–H and O–H groups in total. The van der Waals surface area contributed by atoms with E-state index in [4.69, 9.17) is 20.5 Å². The van der Waals surface area contributed by atoms with E-state index in [1.54, 1.807) is 0 Å². The number of ether oxygens (including phenoxy) is 1. The van der Waals surface area contributed by atoms with Crippen molar-refractivity contribution < 1.29 is 9.57 Å². The highest BCUT2D eigenvalue weighted by Crippen LogP contribution is 2.20. The van der Waals surface area contributed by atoms with Crippen LogP contribution in [0.25, 0.3) is 22.7 Å². The number of dihydropyridines is 1. The zero-order valence-corrected chi connectivity index (χ0v) is 18.0. The minimum Gasteiger partial charge on any atom is -0.494 e. The van der Waals surface area contributed by atoms with Crippen LogP contribution in [0.3, 0.4) is 0 Å². The fourth-order valence-corrected chi connectivity index (χ4v) is 4.14. The highest BCUT2D eigenvalue weighted by Gasteiger charge is 2.13. The largest absolute Gasteiger partial charge is 0.494 e. The predicted molar refractivity (Wildman–Crippen MR) is 125 cm³/mol. The lowest BCUT2D eigenvalue weighted by Crippen LogP contribution is -2.12. The molecule has 0 atom stereocenters. The van der Waals surface area contributed by atoms with Crippen molar-refractivity contribution >= 4 is 11.3 Å². The quantitative estimate of drug-likeness (QED) is 0.547. The molecule has 6 heteroatoms. The number of nitrogens with two attached hydrogens (primary N) is 1. The second kappa shape index (κ2) is 8.77. The van der Waals surface area contributed by atoms with Gasteiger partial charge in [0.25, 0.3) is 0 Å². The third-order valence-corrected chi connectivity index (χ3v) is 5.75. The molecule has 1 aliphatic carbocycles. The smallest absolute Gasteiger partial charge is 0.138 e. The maximum absolute atomic E-state index is 5.72. The molecule has 0 saturated heterocycles. The number of rotatable bonds is 5. The van der Waals surface area contributed by atoms with Crippen LogP contribution in [0.1, 0.15) is 25.3 Å². The number of imidazole rings is 1. The predicted octanol–water partition coefficient (Wildman–Crippen LogP) is 2.88. The van der Waals surface area contributed by atoms with Gasteiger partial charge in [0, 0.05) is 40.4 Å². The van der Waals surface area contributed by atoms with E-state index in [9.17, 15) is 0 Å². The molecule has 0 radical (unpaired) electrons. The zero-order valence-electron chi connectivity index (χ0n) is 18.0. The second-order valence-electron chi connectivity index (χ2n) is 7.88. The highest BCUT2D eigenvalue weighted by molar-refractivity contribution is 5.68. The summed E-state index contributed by atoms with van der Waals surface area (Å²) in [6.07, 6.45) is 10.7. The van der Waals surface area contributed by atoms with Crippen molar-refractivity contribution in [1.29, 1.82) is 0 Å². The summed E-state index contributed by atoms with van der Waals surface area (Å²) in [6.45, 7) is 2.81. The number of hydrogen-bond donors (Lipinski definition) is 3. The molecule has 5 rings (SSSR count). The summed E-state index contributed by atoms with van der Waals surface area (Å²) >= 11 is 0. The van der Waals surface area contributed by atoms with Crippen molar-refractivity contribution in [3.63, 3.8) is 0 Å². The van der Waals surface area contributed by atoms with E-state index in [0.29, 0.717) is 6.61 Å². The lowest BCUT2D eigenvalue weighted by molar-refractivity contribution is 0.276. The Hall–Kier alpha value is -3.77. The van der Waals surface area contributed by atoms with Gasteiger partial charge < -0.3 is 19.9 Å². The van der Waals surface area contributed by atoms with Crippen LogP contribution in [0, 0.1) is 10.6 Å². The number of nitrogens with one attached hydrogen (secondary N) is 2. The molecule has 0 amide bonds. The van der Waals surface area contributed by atoms with Crippen LogP contribution in [0.15, 0.2) is 67.0 Å². The minimum atomic E-state index is 0.714. The first-order chi connectivity index (χ1) is 15.8. The van der Waals surface area contributed by atoms with Gasteiger partial charge in [-0.05, 0) is 60.9 Å². The lowest BCUT2D eigenvalue weighted by Gasteiger charge is -2.04. The third-order valence-electron chi connectivity index (χ3n) is 5.75. The van der Waals surface area contributed by atoms with Crippen LogP contribution < -0.4 is 26.5 Å². The molecule has 0 bridgehead atoms. The second-order valence-corrected chi connectivity index (χ2v) is 7.88. The van der Waals surface area contributed by atoms with Crippen molar-refractivity contribution in [2.24, 2.45) is 5.90 Å². The highest BCUT2D eigenvalue weighted by atomic mass is 16.6. The maximum atomic E-state index is 5.72. The van der Waals surface area contributed by atoms with E-state index in [1.165, 1.54) is 5.56 Å². The molecule has 2 heterocycles. The van der Waals surface area contributed by atoms with Gasteiger partial charge >= 0.3 is 0 Å². The van der Waals surface area contributed by atoms with Crippen LogP contribution in [-0.2, 0) is 11.3 Å².